The smallest absolute Gasteiger partial charge is 0.261 e. The van der Waals surface area contributed by atoms with Crippen LogP contribution in [-0.4, -0.2) is 61.9 Å². The van der Waals surface area contributed by atoms with Crippen molar-refractivity contribution in [1.29, 1.82) is 0 Å². The van der Waals surface area contributed by atoms with E-state index >= 15 is 0 Å². The highest BCUT2D eigenvalue weighted by molar-refractivity contribution is 7.85. The van der Waals surface area contributed by atoms with Crippen LogP contribution in [0.5, 0.6) is 0 Å². The van der Waals surface area contributed by atoms with Crippen molar-refractivity contribution in [2.45, 2.75) is 19.8 Å². The van der Waals surface area contributed by atoms with Crippen molar-refractivity contribution in [2.24, 2.45) is 5.92 Å². The topological polar surface area (TPSA) is 149 Å². The fourth-order valence-electron chi connectivity index (χ4n) is 0.585. The minimum Gasteiger partial charge on any atom is -0.396 e. The largest absolute Gasteiger partial charge is 0.396 e. The average molecular weight is 310 g/mol. The Bertz CT molecular complexity index is 307. The molecule has 0 heterocycles. The fraction of sp³-hybridized carbons (Fsp3) is 1.00. The molecule has 0 aliphatic rings. The number of rotatable bonds is 4. The lowest BCUT2D eigenvalue weighted by Gasteiger charge is -2.04. The Morgan fingerprint density at radius 3 is 1.11 bits per heavy atom. The molecular formula is C8H22O8S2. The lowest BCUT2D eigenvalue weighted by molar-refractivity contribution is 0.223. The van der Waals surface area contributed by atoms with E-state index in [4.69, 9.17) is 19.3 Å². The molecule has 0 saturated carbocycles. The molecule has 0 aliphatic carbocycles. The van der Waals surface area contributed by atoms with Crippen LogP contribution in [0.2, 0.25) is 0 Å². The molecule has 0 aliphatic heterocycles. The summed E-state index contributed by atoms with van der Waals surface area (Å²) in [7, 11) is -7.33. The van der Waals surface area contributed by atoms with Gasteiger partial charge in [-0.25, -0.2) is 0 Å². The zero-order chi connectivity index (χ0) is 15.4. The second-order valence-electron chi connectivity index (χ2n) is 3.60. The number of aliphatic hydroxyl groups excluding tert-OH is 2. The van der Waals surface area contributed by atoms with Gasteiger partial charge in [-0.2, -0.15) is 16.8 Å². The third-order valence-corrected chi connectivity index (χ3v) is 1.24. The molecule has 0 saturated heterocycles. The van der Waals surface area contributed by atoms with Gasteiger partial charge in [0, 0.05) is 13.2 Å². The molecule has 0 spiro atoms. The van der Waals surface area contributed by atoms with Crippen LogP contribution in [0, 0.1) is 5.92 Å². The highest BCUT2D eigenvalue weighted by Gasteiger charge is 1.97. The average Bonchev–Trinajstić information content (AvgIpc) is 1.97. The first-order valence-corrected chi connectivity index (χ1v) is 8.57. The lowest BCUT2D eigenvalue weighted by Crippen LogP contribution is -1.99. The van der Waals surface area contributed by atoms with Gasteiger partial charge < -0.3 is 10.2 Å². The Labute approximate surface area is 108 Å². The maximum atomic E-state index is 9.19. The molecule has 0 rings (SSSR count). The number of hydrogen-bond donors (Lipinski definition) is 4. The lowest BCUT2D eigenvalue weighted by atomic mass is 10.1. The van der Waals surface area contributed by atoms with Crippen LogP contribution >= 0.6 is 0 Å². The third kappa shape index (κ3) is 104. The second-order valence-corrected chi connectivity index (χ2v) is 6.53. The molecule has 0 aromatic carbocycles. The van der Waals surface area contributed by atoms with E-state index in [9.17, 15) is 16.8 Å². The van der Waals surface area contributed by atoms with Crippen LogP contribution in [0.3, 0.4) is 0 Å². The maximum Gasteiger partial charge on any atom is 0.261 e. The first kappa shape index (κ1) is 22.9. The van der Waals surface area contributed by atoms with E-state index in [2.05, 4.69) is 0 Å². The molecular weight excluding hydrogens is 288 g/mol. The van der Waals surface area contributed by atoms with Crippen LogP contribution in [-0.2, 0) is 20.2 Å². The molecule has 18 heavy (non-hydrogen) atoms. The van der Waals surface area contributed by atoms with E-state index < -0.39 is 20.2 Å². The molecule has 0 unspecified atom stereocenters. The zero-order valence-corrected chi connectivity index (χ0v) is 12.3. The van der Waals surface area contributed by atoms with Gasteiger partial charge in [0.1, 0.15) is 0 Å². The van der Waals surface area contributed by atoms with E-state index in [1.54, 1.807) is 0 Å². The first-order valence-electron chi connectivity index (χ1n) is 4.87. The van der Waals surface area contributed by atoms with E-state index in [0.717, 1.165) is 12.8 Å². The van der Waals surface area contributed by atoms with Gasteiger partial charge in [-0.1, -0.05) is 6.92 Å². The molecule has 0 bridgehead atoms. The summed E-state index contributed by atoms with van der Waals surface area (Å²) >= 11 is 0. The summed E-state index contributed by atoms with van der Waals surface area (Å²) in [5, 5.41) is 16.8. The molecule has 8 nitrogen and oxygen atoms in total. The first-order chi connectivity index (χ1) is 7.81. The SMILES string of the molecule is CC(CCO)CCO.CS(=O)(=O)O.CS(=O)(=O)O. The zero-order valence-electron chi connectivity index (χ0n) is 10.6. The molecule has 0 fully saturated rings. The predicted octanol–water partition coefficient (Wildman–Crippen LogP) is -0.605. The quantitative estimate of drug-likeness (QED) is 0.503. The van der Waals surface area contributed by atoms with E-state index in [0.29, 0.717) is 18.4 Å². The van der Waals surface area contributed by atoms with Crippen molar-refractivity contribution in [1.82, 2.24) is 0 Å². The molecule has 0 atom stereocenters. The van der Waals surface area contributed by atoms with Gasteiger partial charge in [-0.05, 0) is 18.8 Å². The summed E-state index contributed by atoms with van der Waals surface area (Å²) < 4.78 is 51.7. The van der Waals surface area contributed by atoms with E-state index in [1.807, 2.05) is 6.92 Å². The van der Waals surface area contributed by atoms with Crippen LogP contribution in [0.15, 0.2) is 0 Å². The van der Waals surface area contributed by atoms with Crippen molar-refractivity contribution >= 4 is 20.2 Å². The van der Waals surface area contributed by atoms with Gasteiger partial charge in [0.05, 0.1) is 12.5 Å². The van der Waals surface area contributed by atoms with Crippen molar-refractivity contribution in [2.75, 3.05) is 25.7 Å². The number of hydrogen-bond acceptors (Lipinski definition) is 6. The summed E-state index contributed by atoms with van der Waals surface area (Å²) in [6, 6.07) is 0. The van der Waals surface area contributed by atoms with Crippen LogP contribution in [0.4, 0.5) is 0 Å². The van der Waals surface area contributed by atoms with Gasteiger partial charge in [-0.15, -0.1) is 0 Å². The Morgan fingerprint density at radius 2 is 1.00 bits per heavy atom. The van der Waals surface area contributed by atoms with Gasteiger partial charge in [0.15, 0.2) is 0 Å². The minimum atomic E-state index is -3.67. The van der Waals surface area contributed by atoms with Crippen molar-refractivity contribution in [3.05, 3.63) is 0 Å². The normalized spacial score (nSPS) is 11.1. The van der Waals surface area contributed by atoms with Gasteiger partial charge >= 0.3 is 0 Å². The predicted molar refractivity (Wildman–Crippen MR) is 67.5 cm³/mol. The number of aliphatic hydroxyl groups is 2. The molecule has 10 heteroatoms. The standard InChI is InChI=1S/C6H14O2.2CH4O3S/c1-6(2-4-7)3-5-8;2*1-5(2,3)4/h6-8H,2-5H2,1H3;2*1H3,(H,2,3,4). The fourth-order valence-corrected chi connectivity index (χ4v) is 0.585. The molecule has 114 valence electrons. The second kappa shape index (κ2) is 11.8. The van der Waals surface area contributed by atoms with Gasteiger partial charge in [0.25, 0.3) is 20.2 Å². The molecule has 0 aromatic heterocycles. The Morgan fingerprint density at radius 1 is 0.833 bits per heavy atom. The summed E-state index contributed by atoms with van der Waals surface area (Å²) in [4.78, 5) is 0. The minimum absolute atomic E-state index is 0.237. The Kier molecular flexibility index (Phi) is 15.0. The summed E-state index contributed by atoms with van der Waals surface area (Å²) in [5.41, 5.74) is 0. The molecule has 0 radical (unpaired) electrons. The summed E-state index contributed by atoms with van der Waals surface area (Å²) in [6.07, 6.45) is 3.04. The van der Waals surface area contributed by atoms with E-state index in [-0.39, 0.29) is 13.2 Å². The highest BCUT2D eigenvalue weighted by atomic mass is 32.2. The summed E-state index contributed by atoms with van der Waals surface area (Å²) in [5.74, 6) is 0.463. The molecule has 0 aromatic rings. The van der Waals surface area contributed by atoms with Crippen LogP contribution in [0.1, 0.15) is 19.8 Å². The van der Waals surface area contributed by atoms with Gasteiger partial charge in [0.2, 0.25) is 0 Å². The Hall–Kier alpha value is -0.260. The van der Waals surface area contributed by atoms with Crippen molar-refractivity contribution in [3.8, 4) is 0 Å². The van der Waals surface area contributed by atoms with Crippen LogP contribution in [0.25, 0.3) is 0 Å². The maximum absolute atomic E-state index is 9.19. The van der Waals surface area contributed by atoms with E-state index in [1.165, 1.54) is 0 Å². The van der Waals surface area contributed by atoms with Crippen molar-refractivity contribution < 1.29 is 36.2 Å². The van der Waals surface area contributed by atoms with Crippen molar-refractivity contribution in [3.63, 3.8) is 0 Å². The highest BCUT2D eigenvalue weighted by Crippen LogP contribution is 2.03. The Balaban J connectivity index is -0.000000197. The molecule has 0 amide bonds. The molecule has 4 N–H and O–H groups in total. The summed E-state index contributed by atoms with van der Waals surface area (Å²) in [6.45, 7) is 2.49. The van der Waals surface area contributed by atoms with Crippen LogP contribution < -0.4 is 0 Å². The monoisotopic (exact) mass is 310 g/mol. The van der Waals surface area contributed by atoms with Gasteiger partial charge in [-0.3, -0.25) is 9.11 Å². The third-order valence-electron chi connectivity index (χ3n) is 1.24.